The minimum absolute atomic E-state index is 0.310. The van der Waals surface area contributed by atoms with Gasteiger partial charge in [0, 0.05) is 5.69 Å². The first-order chi connectivity index (χ1) is 9.16. The molecule has 4 atom stereocenters. The van der Waals surface area contributed by atoms with Gasteiger partial charge in [0.15, 0.2) is 0 Å². The maximum absolute atomic E-state index is 12.2. The second kappa shape index (κ2) is 4.51. The fraction of sp³-hybridized carbons (Fsp3) is 0.286. The molecular weight excluding hydrogens is 246 g/mol. The molecule has 98 valence electrons. The lowest BCUT2D eigenvalue weighted by molar-refractivity contribution is -0.145. The number of rotatable bonds is 3. The molecule has 2 bridgehead atoms. The van der Waals surface area contributed by atoms with Gasteiger partial charge in [0.25, 0.3) is 0 Å². The predicted molar refractivity (Wildman–Crippen MR) is 67.5 cm³/mol. The molecule has 2 N–H and O–H groups in total. The van der Waals surface area contributed by atoms with Crippen molar-refractivity contribution in [2.45, 2.75) is 12.2 Å². The van der Waals surface area contributed by atoms with Crippen LogP contribution in [0, 0.1) is 11.8 Å². The lowest BCUT2D eigenvalue weighted by Crippen LogP contribution is -2.39. The lowest BCUT2D eigenvalue weighted by atomic mass is 9.82. The van der Waals surface area contributed by atoms with E-state index in [1.807, 2.05) is 18.2 Å². The molecule has 1 amide bonds. The number of carbonyl (C=O) groups excluding carboxylic acids is 1. The van der Waals surface area contributed by atoms with Crippen molar-refractivity contribution < 1.29 is 19.4 Å². The Morgan fingerprint density at radius 1 is 1.05 bits per heavy atom. The fourth-order valence-corrected chi connectivity index (χ4v) is 2.66. The van der Waals surface area contributed by atoms with Crippen molar-refractivity contribution >= 4 is 17.6 Å². The summed E-state index contributed by atoms with van der Waals surface area (Å²) in [5, 5.41) is 12.0. The molecule has 19 heavy (non-hydrogen) atoms. The molecule has 0 spiro atoms. The summed E-state index contributed by atoms with van der Waals surface area (Å²) in [6, 6.07) is 8.98. The Labute approximate surface area is 109 Å². The summed E-state index contributed by atoms with van der Waals surface area (Å²) in [4.78, 5) is 23.5. The van der Waals surface area contributed by atoms with E-state index in [4.69, 9.17) is 4.74 Å². The number of nitrogens with one attached hydrogen (secondary N) is 1. The number of hydrogen-bond donors (Lipinski definition) is 2. The molecule has 0 saturated carbocycles. The summed E-state index contributed by atoms with van der Waals surface area (Å²) in [5.74, 6) is -2.79. The smallest absolute Gasteiger partial charge is 0.310 e. The maximum atomic E-state index is 12.2. The summed E-state index contributed by atoms with van der Waals surface area (Å²) in [7, 11) is 0. The van der Waals surface area contributed by atoms with Crippen LogP contribution in [0.5, 0.6) is 0 Å². The standard InChI is InChI=1S/C14H13NO4/c16-13(15-8-4-2-1-3-5-8)11-9-6-7-10(19-9)12(11)14(17)18/h1-7,9-12H,(H,15,16)(H,17,18)/t9-,10+,11-,12-/m0/s1. The molecule has 2 aliphatic heterocycles. The molecular formula is C14H13NO4. The van der Waals surface area contributed by atoms with Crippen molar-refractivity contribution in [3.05, 3.63) is 42.5 Å². The summed E-state index contributed by atoms with van der Waals surface area (Å²) in [5.41, 5.74) is 0.656. The van der Waals surface area contributed by atoms with Gasteiger partial charge in [-0.2, -0.15) is 0 Å². The van der Waals surface area contributed by atoms with E-state index in [2.05, 4.69) is 5.32 Å². The van der Waals surface area contributed by atoms with Gasteiger partial charge in [0.2, 0.25) is 5.91 Å². The molecule has 0 aliphatic carbocycles. The largest absolute Gasteiger partial charge is 0.481 e. The zero-order valence-electron chi connectivity index (χ0n) is 10.0. The number of carbonyl (C=O) groups is 2. The van der Waals surface area contributed by atoms with Gasteiger partial charge in [0.05, 0.1) is 18.1 Å². The predicted octanol–water partition coefficient (Wildman–Crippen LogP) is 1.28. The van der Waals surface area contributed by atoms with Crippen LogP contribution in [0.4, 0.5) is 5.69 Å². The molecule has 2 heterocycles. The van der Waals surface area contributed by atoms with Gasteiger partial charge >= 0.3 is 5.97 Å². The number of carboxylic acids is 1. The SMILES string of the molecule is O=C(Nc1ccccc1)[C@@H]1[C@@H](C(=O)O)[C@H]2C=C[C@@H]1O2. The van der Waals surface area contributed by atoms with Crippen LogP contribution in [0.3, 0.4) is 0 Å². The molecule has 1 aromatic rings. The number of hydrogen-bond acceptors (Lipinski definition) is 3. The number of carboxylic acid groups (broad SMARTS) is 1. The molecule has 0 radical (unpaired) electrons. The minimum atomic E-state index is -0.995. The number of anilines is 1. The monoisotopic (exact) mass is 259 g/mol. The van der Waals surface area contributed by atoms with Gasteiger partial charge in [-0.1, -0.05) is 30.4 Å². The van der Waals surface area contributed by atoms with E-state index in [-0.39, 0.29) is 5.91 Å². The van der Waals surface area contributed by atoms with Crippen molar-refractivity contribution in [1.29, 1.82) is 0 Å². The average Bonchev–Trinajstić information content (AvgIpc) is 2.99. The van der Waals surface area contributed by atoms with Gasteiger partial charge < -0.3 is 15.2 Å². The van der Waals surface area contributed by atoms with Crippen LogP contribution in [-0.2, 0) is 14.3 Å². The van der Waals surface area contributed by atoms with E-state index < -0.39 is 30.0 Å². The molecule has 3 rings (SSSR count). The van der Waals surface area contributed by atoms with E-state index in [0.717, 1.165) is 0 Å². The Hall–Kier alpha value is -2.14. The average molecular weight is 259 g/mol. The van der Waals surface area contributed by atoms with Crippen LogP contribution in [0.25, 0.3) is 0 Å². The fourth-order valence-electron chi connectivity index (χ4n) is 2.66. The Balaban J connectivity index is 1.79. The van der Waals surface area contributed by atoms with E-state index in [0.29, 0.717) is 5.69 Å². The maximum Gasteiger partial charge on any atom is 0.310 e. The van der Waals surface area contributed by atoms with Gasteiger partial charge in [0.1, 0.15) is 5.92 Å². The first-order valence-corrected chi connectivity index (χ1v) is 6.09. The third-order valence-corrected chi connectivity index (χ3v) is 3.53. The number of amides is 1. The minimum Gasteiger partial charge on any atom is -0.481 e. The molecule has 1 fully saturated rings. The second-order valence-corrected chi connectivity index (χ2v) is 4.70. The Morgan fingerprint density at radius 2 is 1.68 bits per heavy atom. The van der Waals surface area contributed by atoms with Crippen molar-refractivity contribution in [3.63, 3.8) is 0 Å². The number of para-hydroxylation sites is 1. The van der Waals surface area contributed by atoms with Crippen molar-refractivity contribution in [1.82, 2.24) is 0 Å². The van der Waals surface area contributed by atoms with Gasteiger partial charge in [-0.15, -0.1) is 0 Å². The van der Waals surface area contributed by atoms with Gasteiger partial charge in [-0.3, -0.25) is 9.59 Å². The van der Waals surface area contributed by atoms with Crippen LogP contribution in [0.2, 0.25) is 0 Å². The molecule has 1 saturated heterocycles. The summed E-state index contributed by atoms with van der Waals surface area (Å²) in [6.07, 6.45) is 2.55. The number of benzene rings is 1. The molecule has 5 heteroatoms. The van der Waals surface area contributed by atoms with Crippen LogP contribution in [0.15, 0.2) is 42.5 Å². The first kappa shape index (κ1) is 11.9. The summed E-state index contributed by atoms with van der Waals surface area (Å²) < 4.78 is 5.46. The third-order valence-electron chi connectivity index (χ3n) is 3.53. The zero-order chi connectivity index (χ0) is 13.4. The summed E-state index contributed by atoms with van der Waals surface area (Å²) >= 11 is 0. The highest BCUT2D eigenvalue weighted by Crippen LogP contribution is 2.39. The van der Waals surface area contributed by atoms with Crippen LogP contribution < -0.4 is 5.32 Å². The Kier molecular flexibility index (Phi) is 2.83. The highest BCUT2D eigenvalue weighted by atomic mass is 16.5. The second-order valence-electron chi connectivity index (χ2n) is 4.70. The number of fused-ring (bicyclic) bond motifs is 2. The van der Waals surface area contributed by atoms with Crippen molar-refractivity contribution in [2.24, 2.45) is 11.8 Å². The van der Waals surface area contributed by atoms with Gasteiger partial charge in [-0.05, 0) is 12.1 Å². The molecule has 2 aliphatic rings. The Morgan fingerprint density at radius 3 is 2.32 bits per heavy atom. The number of ether oxygens (including phenoxy) is 1. The highest BCUT2D eigenvalue weighted by molar-refractivity contribution is 5.96. The van der Waals surface area contributed by atoms with E-state index in [9.17, 15) is 14.7 Å². The van der Waals surface area contributed by atoms with Crippen LogP contribution in [-0.4, -0.2) is 29.2 Å². The van der Waals surface area contributed by atoms with Gasteiger partial charge in [-0.25, -0.2) is 0 Å². The van der Waals surface area contributed by atoms with Crippen LogP contribution >= 0.6 is 0 Å². The lowest BCUT2D eigenvalue weighted by Gasteiger charge is -2.20. The van der Waals surface area contributed by atoms with E-state index in [1.54, 1.807) is 24.3 Å². The normalized spacial score (nSPS) is 31.4. The first-order valence-electron chi connectivity index (χ1n) is 6.09. The van der Waals surface area contributed by atoms with E-state index in [1.165, 1.54) is 0 Å². The molecule has 0 aromatic heterocycles. The molecule has 0 unspecified atom stereocenters. The van der Waals surface area contributed by atoms with Crippen molar-refractivity contribution in [3.8, 4) is 0 Å². The molecule has 5 nitrogen and oxygen atoms in total. The molecule has 1 aromatic carbocycles. The quantitative estimate of drug-likeness (QED) is 0.802. The Bertz CT molecular complexity index is 540. The summed E-state index contributed by atoms with van der Waals surface area (Å²) in [6.45, 7) is 0. The highest BCUT2D eigenvalue weighted by Gasteiger charge is 2.53. The van der Waals surface area contributed by atoms with Crippen molar-refractivity contribution in [2.75, 3.05) is 5.32 Å². The van der Waals surface area contributed by atoms with E-state index >= 15 is 0 Å². The third kappa shape index (κ3) is 2.02. The zero-order valence-corrected chi connectivity index (χ0v) is 10.0. The van der Waals surface area contributed by atoms with Crippen LogP contribution in [0.1, 0.15) is 0 Å². The topological polar surface area (TPSA) is 75.6 Å². The number of aliphatic carboxylic acids is 1.